The Morgan fingerprint density at radius 1 is 1.04 bits per heavy atom. The molecule has 0 N–H and O–H groups in total. The van der Waals surface area contributed by atoms with E-state index in [9.17, 15) is 0 Å². The third-order valence-corrected chi connectivity index (χ3v) is 5.65. The number of hydrogen-bond donors (Lipinski definition) is 0. The van der Waals surface area contributed by atoms with E-state index in [1.807, 2.05) is 53.2 Å². The van der Waals surface area contributed by atoms with Gasteiger partial charge in [0.2, 0.25) is 0 Å². The molecule has 0 radical (unpaired) electrons. The second-order valence-corrected chi connectivity index (χ2v) is 7.62. The Hall–Kier alpha value is -2.34. The van der Waals surface area contributed by atoms with Crippen LogP contribution in [-0.2, 0) is 22.3 Å². The second kappa shape index (κ2) is 6.92. The molecule has 1 saturated heterocycles. The summed E-state index contributed by atoms with van der Waals surface area (Å²) in [7, 11) is 1.68. The molecule has 28 heavy (non-hydrogen) atoms. The molecule has 3 aromatic rings. The quantitative estimate of drug-likeness (QED) is 0.656. The highest BCUT2D eigenvalue weighted by Gasteiger charge is 2.45. The van der Waals surface area contributed by atoms with Crippen molar-refractivity contribution in [2.45, 2.75) is 25.0 Å². The fraction of sp³-hybridized carbons (Fsp3) is 0.318. The molecule has 0 saturated carbocycles. The molecule has 6 heteroatoms. The largest absolute Gasteiger partial charge is 0.494 e. The molecule has 0 unspecified atom stereocenters. The summed E-state index contributed by atoms with van der Waals surface area (Å²) >= 11 is 6.13. The van der Waals surface area contributed by atoms with Crippen molar-refractivity contribution in [1.29, 1.82) is 0 Å². The van der Waals surface area contributed by atoms with Crippen LogP contribution in [0.1, 0.15) is 17.7 Å². The summed E-state index contributed by atoms with van der Waals surface area (Å²) < 4.78 is 19.7. The van der Waals surface area contributed by atoms with Crippen molar-refractivity contribution in [2.24, 2.45) is 0 Å². The molecule has 5 nitrogen and oxygen atoms in total. The molecular weight excluding hydrogens is 376 g/mol. The molecule has 0 atom stereocenters. The molecule has 5 rings (SSSR count). The third-order valence-electron chi connectivity index (χ3n) is 5.40. The number of methoxy groups -OCH3 is 1. The Morgan fingerprint density at radius 2 is 1.79 bits per heavy atom. The van der Waals surface area contributed by atoms with Crippen LogP contribution in [0.2, 0.25) is 5.02 Å². The van der Waals surface area contributed by atoms with Crippen LogP contribution < -0.4 is 4.74 Å². The number of rotatable bonds is 3. The average molecular weight is 397 g/mol. The number of benzene rings is 2. The molecule has 144 valence electrons. The fourth-order valence-corrected chi connectivity index (χ4v) is 4.24. The van der Waals surface area contributed by atoms with Gasteiger partial charge in [-0.3, -0.25) is 0 Å². The fourth-order valence-electron chi connectivity index (χ4n) is 4.11. The first-order valence-corrected chi connectivity index (χ1v) is 9.85. The van der Waals surface area contributed by atoms with Gasteiger partial charge >= 0.3 is 0 Å². The number of nitrogens with zero attached hydrogens (tertiary/aromatic N) is 2. The first kappa shape index (κ1) is 17.7. The summed E-state index contributed by atoms with van der Waals surface area (Å²) in [5, 5.41) is 5.67. The van der Waals surface area contributed by atoms with E-state index in [-0.39, 0.29) is 0 Å². The minimum absolute atomic E-state index is 0.572. The molecule has 2 heterocycles. The van der Waals surface area contributed by atoms with Crippen LogP contribution in [0, 0.1) is 0 Å². The highest BCUT2D eigenvalue weighted by Crippen LogP contribution is 2.42. The molecule has 1 fully saturated rings. The van der Waals surface area contributed by atoms with E-state index >= 15 is 0 Å². The zero-order valence-corrected chi connectivity index (χ0v) is 16.4. The summed E-state index contributed by atoms with van der Waals surface area (Å²) in [4.78, 5) is 0. The normalized spacial score (nSPS) is 17.6. The lowest BCUT2D eigenvalue weighted by molar-refractivity contribution is -0.260. The highest BCUT2D eigenvalue weighted by molar-refractivity contribution is 6.30. The van der Waals surface area contributed by atoms with Crippen LogP contribution >= 0.6 is 11.6 Å². The molecule has 1 aliphatic heterocycles. The number of hydrogen-bond acceptors (Lipinski definition) is 4. The standard InChI is InChI=1S/C22H21ClN2O3/c1-26-20-6-3-2-5-19(20)25-21(15-7-9-16(23)10-8-15)17-13-22(14-18(17)24-25)27-11-4-12-28-22/h2-3,5-10H,4,11-14H2,1H3. The minimum atomic E-state index is -0.572. The summed E-state index contributed by atoms with van der Waals surface area (Å²) in [6.07, 6.45) is 2.28. The average Bonchev–Trinajstić information content (AvgIpc) is 3.23. The molecule has 1 spiro atoms. The Morgan fingerprint density at radius 3 is 2.54 bits per heavy atom. The smallest absolute Gasteiger partial charge is 0.177 e. The van der Waals surface area contributed by atoms with E-state index in [4.69, 9.17) is 30.9 Å². The molecule has 1 aromatic heterocycles. The first-order chi connectivity index (χ1) is 13.7. The second-order valence-electron chi connectivity index (χ2n) is 7.18. The van der Waals surface area contributed by atoms with Crippen molar-refractivity contribution < 1.29 is 14.2 Å². The third kappa shape index (κ3) is 2.91. The first-order valence-electron chi connectivity index (χ1n) is 9.47. The zero-order valence-electron chi connectivity index (χ0n) is 15.7. The number of halogens is 1. The van der Waals surface area contributed by atoms with Gasteiger partial charge in [-0.25, -0.2) is 4.68 Å². The maximum absolute atomic E-state index is 6.13. The number of para-hydroxylation sites is 2. The lowest BCUT2D eigenvalue weighted by Gasteiger charge is -2.33. The summed E-state index contributed by atoms with van der Waals surface area (Å²) in [5.74, 6) is 0.204. The maximum Gasteiger partial charge on any atom is 0.177 e. The Bertz CT molecular complexity index is 1010. The molecule has 2 aromatic carbocycles. The van der Waals surface area contributed by atoms with Crippen LogP contribution in [0.25, 0.3) is 16.9 Å². The van der Waals surface area contributed by atoms with Gasteiger partial charge in [-0.15, -0.1) is 0 Å². The van der Waals surface area contributed by atoms with E-state index in [0.29, 0.717) is 17.9 Å². The van der Waals surface area contributed by atoms with Crippen molar-refractivity contribution in [1.82, 2.24) is 9.78 Å². The van der Waals surface area contributed by atoms with E-state index in [2.05, 4.69) is 0 Å². The van der Waals surface area contributed by atoms with Crippen molar-refractivity contribution in [3.8, 4) is 22.7 Å². The monoisotopic (exact) mass is 396 g/mol. The highest BCUT2D eigenvalue weighted by atomic mass is 35.5. The van der Waals surface area contributed by atoms with Gasteiger partial charge in [-0.2, -0.15) is 5.10 Å². The van der Waals surface area contributed by atoms with Gasteiger partial charge < -0.3 is 14.2 Å². The Labute approximate surface area is 168 Å². The van der Waals surface area contributed by atoms with E-state index in [1.54, 1.807) is 7.11 Å². The zero-order chi connectivity index (χ0) is 19.1. The summed E-state index contributed by atoms with van der Waals surface area (Å²) in [5.41, 5.74) is 5.17. The molecule has 1 aliphatic carbocycles. The topological polar surface area (TPSA) is 45.5 Å². The van der Waals surface area contributed by atoms with Crippen LogP contribution in [0.15, 0.2) is 48.5 Å². The molecule has 0 bridgehead atoms. The van der Waals surface area contributed by atoms with Crippen molar-refractivity contribution in [2.75, 3.05) is 20.3 Å². The van der Waals surface area contributed by atoms with Gasteiger partial charge in [-0.1, -0.05) is 35.9 Å². The lowest BCUT2D eigenvalue weighted by Crippen LogP contribution is -2.41. The van der Waals surface area contributed by atoms with E-state index < -0.39 is 5.79 Å². The molecule has 2 aliphatic rings. The van der Waals surface area contributed by atoms with Crippen molar-refractivity contribution >= 4 is 11.6 Å². The van der Waals surface area contributed by atoms with Crippen LogP contribution in [0.5, 0.6) is 5.75 Å². The van der Waals surface area contributed by atoms with Crippen molar-refractivity contribution in [3.05, 3.63) is 64.8 Å². The van der Waals surface area contributed by atoms with Crippen LogP contribution in [0.3, 0.4) is 0 Å². The van der Waals surface area contributed by atoms with Crippen LogP contribution in [-0.4, -0.2) is 35.9 Å². The number of aromatic nitrogens is 2. The molecule has 0 amide bonds. The van der Waals surface area contributed by atoms with E-state index in [1.165, 1.54) is 0 Å². The number of ether oxygens (including phenoxy) is 3. The van der Waals surface area contributed by atoms with Gasteiger partial charge in [-0.05, 0) is 30.7 Å². The van der Waals surface area contributed by atoms with Gasteiger partial charge in [0, 0.05) is 29.0 Å². The van der Waals surface area contributed by atoms with E-state index in [0.717, 1.165) is 53.6 Å². The van der Waals surface area contributed by atoms with Gasteiger partial charge in [0.1, 0.15) is 11.4 Å². The predicted molar refractivity (Wildman–Crippen MR) is 107 cm³/mol. The Balaban J connectivity index is 1.67. The SMILES string of the molecule is COc1ccccc1-n1nc2c(c1-c1ccc(Cl)cc1)CC1(C2)OCCCO1. The predicted octanol–water partition coefficient (Wildman–Crippen LogP) is 4.43. The minimum Gasteiger partial charge on any atom is -0.494 e. The molecular formula is C22H21ClN2O3. The van der Waals surface area contributed by atoms with Gasteiger partial charge in [0.25, 0.3) is 0 Å². The summed E-state index contributed by atoms with van der Waals surface area (Å²) in [6.45, 7) is 1.46. The summed E-state index contributed by atoms with van der Waals surface area (Å²) in [6, 6.07) is 15.8. The Kier molecular flexibility index (Phi) is 4.38. The maximum atomic E-state index is 6.13. The van der Waals surface area contributed by atoms with Crippen LogP contribution in [0.4, 0.5) is 0 Å². The van der Waals surface area contributed by atoms with Crippen molar-refractivity contribution in [3.63, 3.8) is 0 Å². The lowest BCUT2D eigenvalue weighted by atomic mass is 10.0. The van der Waals surface area contributed by atoms with Gasteiger partial charge in [0.15, 0.2) is 5.79 Å². The van der Waals surface area contributed by atoms with Gasteiger partial charge in [0.05, 0.1) is 31.7 Å². The number of fused-ring (bicyclic) bond motifs is 1.